The predicted molar refractivity (Wildman–Crippen MR) is 116 cm³/mol. The maximum Gasteiger partial charge on any atom is 0.219 e. The standard InChI is InChI=1S/C24H35NO5/c1-16(2)6-7-19(17(3)26)14-22(28)20-8-9-23(24(15-20)29-5)30-21-10-12-25(13-11-21)18(4)27/h8-9,15-16,19,21H,6-7,10-14H2,1-5H3/t19-/m1/s1. The molecule has 1 amide bonds. The Morgan fingerprint density at radius 1 is 1.07 bits per heavy atom. The topological polar surface area (TPSA) is 72.9 Å². The maximum absolute atomic E-state index is 12.8. The molecule has 0 bridgehead atoms. The van der Waals surface area contributed by atoms with Gasteiger partial charge in [-0.15, -0.1) is 0 Å². The molecule has 6 heteroatoms. The van der Waals surface area contributed by atoms with Gasteiger partial charge in [0.25, 0.3) is 0 Å². The minimum absolute atomic E-state index is 0.00850. The Morgan fingerprint density at radius 3 is 2.27 bits per heavy atom. The van der Waals surface area contributed by atoms with Crippen LogP contribution in [0.4, 0.5) is 0 Å². The van der Waals surface area contributed by atoms with Gasteiger partial charge in [-0.1, -0.05) is 20.3 Å². The Hall–Kier alpha value is -2.37. The van der Waals surface area contributed by atoms with Gasteiger partial charge in [0.15, 0.2) is 17.3 Å². The van der Waals surface area contributed by atoms with E-state index in [1.807, 2.05) is 4.90 Å². The van der Waals surface area contributed by atoms with Gasteiger partial charge in [0.05, 0.1) is 7.11 Å². The minimum atomic E-state index is -0.242. The van der Waals surface area contributed by atoms with Crippen LogP contribution in [0.5, 0.6) is 11.5 Å². The molecule has 0 spiro atoms. The third-order valence-electron chi connectivity index (χ3n) is 5.77. The number of ketones is 2. The smallest absolute Gasteiger partial charge is 0.219 e. The van der Waals surface area contributed by atoms with Gasteiger partial charge in [0, 0.05) is 50.8 Å². The van der Waals surface area contributed by atoms with Crippen LogP contribution in [0.25, 0.3) is 0 Å². The largest absolute Gasteiger partial charge is 0.493 e. The Balaban J connectivity index is 2.03. The summed E-state index contributed by atoms with van der Waals surface area (Å²) in [7, 11) is 1.55. The second-order valence-corrected chi connectivity index (χ2v) is 8.59. The molecule has 1 aliphatic rings. The van der Waals surface area contributed by atoms with Crippen molar-refractivity contribution in [2.24, 2.45) is 11.8 Å². The van der Waals surface area contributed by atoms with E-state index >= 15 is 0 Å². The molecule has 1 heterocycles. The SMILES string of the molecule is COc1cc(C(=O)C[C@@H](CCC(C)C)C(C)=O)ccc1OC1CCN(C(C)=O)CC1. The highest BCUT2D eigenvalue weighted by Crippen LogP contribution is 2.32. The lowest BCUT2D eigenvalue weighted by atomic mass is 9.89. The van der Waals surface area contributed by atoms with Gasteiger partial charge in [-0.25, -0.2) is 0 Å². The van der Waals surface area contributed by atoms with Crippen LogP contribution in [0.1, 0.15) is 70.2 Å². The van der Waals surface area contributed by atoms with Gasteiger partial charge in [-0.05, 0) is 37.5 Å². The summed E-state index contributed by atoms with van der Waals surface area (Å²) < 4.78 is 11.6. The van der Waals surface area contributed by atoms with Crippen molar-refractivity contribution < 1.29 is 23.9 Å². The van der Waals surface area contributed by atoms with Crippen LogP contribution in [0.15, 0.2) is 18.2 Å². The molecule has 0 aromatic heterocycles. The van der Waals surface area contributed by atoms with Crippen molar-refractivity contribution in [3.8, 4) is 11.5 Å². The number of carbonyl (C=O) groups excluding carboxylic acids is 3. The van der Waals surface area contributed by atoms with Gasteiger partial charge in [0.1, 0.15) is 11.9 Å². The fourth-order valence-electron chi connectivity index (χ4n) is 3.73. The number of ether oxygens (including phenoxy) is 2. The molecule has 1 aromatic rings. The van der Waals surface area contributed by atoms with E-state index in [2.05, 4.69) is 13.8 Å². The van der Waals surface area contributed by atoms with E-state index in [9.17, 15) is 14.4 Å². The summed E-state index contributed by atoms with van der Waals surface area (Å²) in [5, 5.41) is 0. The summed E-state index contributed by atoms with van der Waals surface area (Å²) in [5.41, 5.74) is 0.529. The van der Waals surface area contributed by atoms with Gasteiger partial charge >= 0.3 is 0 Å². The van der Waals surface area contributed by atoms with Gasteiger partial charge in [0.2, 0.25) is 5.91 Å². The van der Waals surface area contributed by atoms with Crippen molar-refractivity contribution in [1.82, 2.24) is 4.90 Å². The number of amides is 1. The molecule has 0 aliphatic carbocycles. The molecular formula is C24H35NO5. The van der Waals surface area contributed by atoms with Crippen LogP contribution in [-0.4, -0.2) is 48.7 Å². The van der Waals surface area contributed by atoms with E-state index in [0.29, 0.717) is 36.1 Å². The average Bonchev–Trinajstić information content (AvgIpc) is 2.71. The zero-order valence-corrected chi connectivity index (χ0v) is 18.9. The normalized spacial score (nSPS) is 15.7. The third-order valence-corrected chi connectivity index (χ3v) is 5.77. The second kappa shape index (κ2) is 11.1. The lowest BCUT2D eigenvalue weighted by molar-refractivity contribution is -0.130. The molecule has 1 aromatic carbocycles. The quantitative estimate of drug-likeness (QED) is 0.531. The van der Waals surface area contributed by atoms with Crippen LogP contribution in [-0.2, 0) is 9.59 Å². The number of methoxy groups -OCH3 is 1. The van der Waals surface area contributed by atoms with Crippen LogP contribution in [0.2, 0.25) is 0 Å². The number of hydrogen-bond acceptors (Lipinski definition) is 5. The monoisotopic (exact) mass is 417 g/mol. The molecule has 1 fully saturated rings. The number of Topliss-reactive ketones (excluding diaryl/α,β-unsaturated/α-hetero) is 2. The zero-order valence-electron chi connectivity index (χ0n) is 18.9. The molecule has 6 nitrogen and oxygen atoms in total. The number of benzene rings is 1. The third kappa shape index (κ3) is 6.85. The molecule has 0 radical (unpaired) electrons. The summed E-state index contributed by atoms with van der Waals surface area (Å²) in [6.07, 6.45) is 3.41. The first kappa shape index (κ1) is 23.9. The predicted octanol–water partition coefficient (Wildman–Crippen LogP) is 4.30. The molecule has 1 saturated heterocycles. The summed E-state index contributed by atoms with van der Waals surface area (Å²) in [4.78, 5) is 38.0. The first-order valence-electron chi connectivity index (χ1n) is 10.8. The molecule has 30 heavy (non-hydrogen) atoms. The van der Waals surface area contributed by atoms with E-state index in [4.69, 9.17) is 9.47 Å². The molecule has 166 valence electrons. The van der Waals surface area contributed by atoms with Crippen molar-refractivity contribution in [3.63, 3.8) is 0 Å². The highest BCUT2D eigenvalue weighted by Gasteiger charge is 2.24. The van der Waals surface area contributed by atoms with Crippen LogP contribution in [0.3, 0.4) is 0 Å². The second-order valence-electron chi connectivity index (χ2n) is 8.59. The molecule has 2 rings (SSSR count). The van der Waals surface area contributed by atoms with Crippen LogP contribution < -0.4 is 9.47 Å². The Kier molecular flexibility index (Phi) is 8.88. The Labute approximate surface area is 179 Å². The summed E-state index contributed by atoms with van der Waals surface area (Å²) in [5.74, 6) is 1.46. The highest BCUT2D eigenvalue weighted by molar-refractivity contribution is 5.99. The lowest BCUT2D eigenvalue weighted by Crippen LogP contribution is -2.40. The summed E-state index contributed by atoms with van der Waals surface area (Å²) >= 11 is 0. The number of rotatable bonds is 10. The number of hydrogen-bond donors (Lipinski definition) is 0. The van der Waals surface area contributed by atoms with E-state index in [0.717, 1.165) is 25.7 Å². The van der Waals surface area contributed by atoms with Gasteiger partial charge < -0.3 is 14.4 Å². The molecular weight excluding hydrogens is 382 g/mol. The Bertz CT molecular complexity index is 750. The zero-order chi connectivity index (χ0) is 22.3. The molecule has 0 N–H and O–H groups in total. The fraction of sp³-hybridized carbons (Fsp3) is 0.625. The van der Waals surface area contributed by atoms with E-state index in [-0.39, 0.29) is 35.9 Å². The van der Waals surface area contributed by atoms with Crippen LogP contribution in [0, 0.1) is 11.8 Å². The fourth-order valence-corrected chi connectivity index (χ4v) is 3.73. The number of carbonyl (C=O) groups is 3. The van der Waals surface area contributed by atoms with Crippen molar-refractivity contribution in [2.75, 3.05) is 20.2 Å². The Morgan fingerprint density at radius 2 is 1.73 bits per heavy atom. The van der Waals surface area contributed by atoms with Crippen molar-refractivity contribution in [3.05, 3.63) is 23.8 Å². The van der Waals surface area contributed by atoms with E-state index < -0.39 is 0 Å². The average molecular weight is 418 g/mol. The van der Waals surface area contributed by atoms with Gasteiger partial charge in [-0.2, -0.15) is 0 Å². The van der Waals surface area contributed by atoms with Crippen molar-refractivity contribution >= 4 is 17.5 Å². The molecule has 1 aliphatic heterocycles. The first-order valence-corrected chi connectivity index (χ1v) is 10.8. The molecule has 0 unspecified atom stereocenters. The van der Waals surface area contributed by atoms with Crippen LogP contribution >= 0.6 is 0 Å². The van der Waals surface area contributed by atoms with Crippen molar-refractivity contribution in [1.29, 1.82) is 0 Å². The molecule has 0 saturated carbocycles. The summed E-state index contributed by atoms with van der Waals surface area (Å²) in [6, 6.07) is 5.20. The van der Waals surface area contributed by atoms with E-state index in [1.54, 1.807) is 39.2 Å². The minimum Gasteiger partial charge on any atom is -0.493 e. The lowest BCUT2D eigenvalue weighted by Gasteiger charge is -2.31. The number of nitrogens with zero attached hydrogens (tertiary/aromatic N) is 1. The summed E-state index contributed by atoms with van der Waals surface area (Å²) in [6.45, 7) is 8.75. The number of piperidine rings is 1. The van der Waals surface area contributed by atoms with E-state index in [1.165, 1.54) is 0 Å². The van der Waals surface area contributed by atoms with Crippen molar-refractivity contribution in [2.45, 2.75) is 65.9 Å². The number of likely N-dealkylation sites (tertiary alicyclic amines) is 1. The molecule has 1 atom stereocenters. The first-order chi connectivity index (χ1) is 14.2. The van der Waals surface area contributed by atoms with Gasteiger partial charge in [-0.3, -0.25) is 14.4 Å². The highest BCUT2D eigenvalue weighted by atomic mass is 16.5. The maximum atomic E-state index is 12.8.